The maximum atomic E-state index is 12.1. The fourth-order valence-electron chi connectivity index (χ4n) is 0.358. The Morgan fingerprint density at radius 3 is 1.88 bits per heavy atom. The summed E-state index contributed by atoms with van der Waals surface area (Å²) in [6.45, 7) is 4.28. The van der Waals surface area contributed by atoms with Crippen molar-refractivity contribution in [3.05, 3.63) is 0 Å². The van der Waals surface area contributed by atoms with Gasteiger partial charge in [0.25, 0.3) is 0 Å². The summed E-state index contributed by atoms with van der Waals surface area (Å²) in [5.74, 6) is -2.98. The molecule has 0 N–H and O–H groups in total. The van der Waals surface area contributed by atoms with Crippen molar-refractivity contribution >= 4 is 0 Å². The van der Waals surface area contributed by atoms with Gasteiger partial charge in [-0.25, -0.2) is 8.78 Å². The van der Waals surface area contributed by atoms with E-state index in [1.165, 1.54) is 0 Å². The molecule has 0 saturated carbocycles. The van der Waals surface area contributed by atoms with Crippen LogP contribution in [0.3, 0.4) is 0 Å². The van der Waals surface area contributed by atoms with E-state index < -0.39 is 11.8 Å². The summed E-state index contributed by atoms with van der Waals surface area (Å²) in [5, 5.41) is 0. The smallest absolute Gasteiger partial charge is 0.207 e. The summed E-state index contributed by atoms with van der Waals surface area (Å²) < 4.78 is 24.2. The molecule has 1 atom stereocenters. The van der Waals surface area contributed by atoms with Gasteiger partial charge in [0.1, 0.15) is 0 Å². The molecule has 0 aromatic carbocycles. The predicted octanol–water partition coefficient (Wildman–Crippen LogP) is 2.69. The Hall–Kier alpha value is -0.140. The van der Waals surface area contributed by atoms with Gasteiger partial charge in [0.05, 0.1) is 0 Å². The summed E-state index contributed by atoms with van der Waals surface area (Å²) >= 11 is 0. The highest BCUT2D eigenvalue weighted by atomic mass is 19.3. The van der Waals surface area contributed by atoms with Gasteiger partial charge >= 0.3 is 0 Å². The van der Waals surface area contributed by atoms with Gasteiger partial charge in [0.2, 0.25) is 5.92 Å². The summed E-state index contributed by atoms with van der Waals surface area (Å²) in [6.07, 6.45) is 0.545. The highest BCUT2D eigenvalue weighted by Crippen LogP contribution is 2.25. The van der Waals surface area contributed by atoms with Crippen molar-refractivity contribution < 1.29 is 8.78 Å². The number of halogens is 2. The first-order valence-corrected chi connectivity index (χ1v) is 2.86. The topological polar surface area (TPSA) is 0 Å². The number of rotatable bonds is 2. The van der Waals surface area contributed by atoms with Crippen molar-refractivity contribution in [2.45, 2.75) is 33.1 Å². The van der Waals surface area contributed by atoms with Gasteiger partial charge < -0.3 is 0 Å². The molecule has 0 bridgehead atoms. The van der Waals surface area contributed by atoms with E-state index in [1.54, 1.807) is 13.8 Å². The molecule has 0 aliphatic carbocycles. The lowest BCUT2D eigenvalue weighted by molar-refractivity contribution is -0.0335. The first kappa shape index (κ1) is 7.86. The molecule has 2 heteroatoms. The van der Waals surface area contributed by atoms with E-state index >= 15 is 0 Å². The van der Waals surface area contributed by atoms with E-state index in [-0.39, 0.29) is 0 Å². The summed E-state index contributed by atoms with van der Waals surface area (Å²) in [4.78, 5) is 0. The van der Waals surface area contributed by atoms with Gasteiger partial charge in [0.15, 0.2) is 0 Å². The quantitative estimate of drug-likeness (QED) is 0.528. The Labute approximate surface area is 48.9 Å². The highest BCUT2D eigenvalue weighted by molar-refractivity contribution is 4.64. The number of alkyl halides is 2. The molecule has 0 aliphatic heterocycles. The normalized spacial score (nSPS) is 16.1. The van der Waals surface area contributed by atoms with E-state index in [4.69, 9.17) is 0 Å². The summed E-state index contributed by atoms with van der Waals surface area (Å²) in [7, 11) is 0. The molecule has 0 amide bonds. The van der Waals surface area contributed by atoms with E-state index in [9.17, 15) is 8.78 Å². The first-order valence-electron chi connectivity index (χ1n) is 2.86. The lowest BCUT2D eigenvalue weighted by Gasteiger charge is -2.16. The van der Waals surface area contributed by atoms with Gasteiger partial charge in [-0.2, -0.15) is 0 Å². The molecule has 0 saturated heterocycles. The molecule has 1 unspecified atom stereocenters. The zero-order chi connectivity index (χ0) is 6.78. The summed E-state index contributed by atoms with van der Waals surface area (Å²) in [5.41, 5.74) is 0. The van der Waals surface area contributed by atoms with Gasteiger partial charge in [0, 0.05) is 5.92 Å². The van der Waals surface area contributed by atoms with Crippen LogP contribution in [0.1, 0.15) is 27.2 Å². The predicted molar refractivity (Wildman–Crippen MR) is 30.1 cm³/mol. The van der Waals surface area contributed by atoms with Crippen molar-refractivity contribution in [3.8, 4) is 0 Å². The van der Waals surface area contributed by atoms with Gasteiger partial charge in [-0.05, 0) is 13.3 Å². The second kappa shape index (κ2) is 2.42. The minimum atomic E-state index is -2.49. The number of hydrogen-bond donors (Lipinski definition) is 0. The fraction of sp³-hybridized carbons (Fsp3) is 1.00. The Kier molecular flexibility index (Phi) is 2.38. The van der Waals surface area contributed by atoms with Crippen LogP contribution in [0.15, 0.2) is 0 Å². The zero-order valence-electron chi connectivity index (χ0n) is 5.54. The zero-order valence-corrected chi connectivity index (χ0v) is 5.54. The van der Waals surface area contributed by atoms with Crippen molar-refractivity contribution in [2.75, 3.05) is 0 Å². The molecule has 0 nitrogen and oxygen atoms in total. The molecule has 0 aliphatic rings. The van der Waals surface area contributed by atoms with Gasteiger partial charge in [-0.3, -0.25) is 0 Å². The average molecular weight is 122 g/mol. The van der Waals surface area contributed by atoms with Crippen LogP contribution in [0.4, 0.5) is 8.78 Å². The van der Waals surface area contributed by atoms with E-state index in [0.29, 0.717) is 6.42 Å². The lowest BCUT2D eigenvalue weighted by atomic mass is 10.0. The monoisotopic (exact) mass is 122 g/mol. The second-order valence-corrected chi connectivity index (χ2v) is 2.27. The molecule has 8 heavy (non-hydrogen) atoms. The molecule has 0 aromatic rings. The minimum Gasteiger partial charge on any atom is -0.207 e. The first-order chi connectivity index (χ1) is 3.48. The Balaban J connectivity index is 3.62. The average Bonchev–Trinajstić information content (AvgIpc) is 1.62. The van der Waals surface area contributed by atoms with Crippen LogP contribution in [0.5, 0.6) is 0 Å². The van der Waals surface area contributed by atoms with Gasteiger partial charge in [-0.1, -0.05) is 13.8 Å². The van der Waals surface area contributed by atoms with E-state index in [0.717, 1.165) is 6.92 Å². The number of hydrogen-bond acceptors (Lipinski definition) is 0. The van der Waals surface area contributed by atoms with Crippen molar-refractivity contribution in [2.24, 2.45) is 5.92 Å². The van der Waals surface area contributed by atoms with Crippen LogP contribution < -0.4 is 0 Å². The third-order valence-electron chi connectivity index (χ3n) is 1.48. The standard InChI is InChI=1S/C6H12F2/c1-4-5(2)6(3,7)8/h5H,4H2,1-3H3. The fourth-order valence-corrected chi connectivity index (χ4v) is 0.358. The maximum absolute atomic E-state index is 12.1. The third kappa shape index (κ3) is 2.24. The maximum Gasteiger partial charge on any atom is 0.247 e. The van der Waals surface area contributed by atoms with Crippen LogP contribution in [0.2, 0.25) is 0 Å². The van der Waals surface area contributed by atoms with Crippen LogP contribution >= 0.6 is 0 Å². The van der Waals surface area contributed by atoms with Crippen LogP contribution in [0.25, 0.3) is 0 Å². The molecule has 0 rings (SSSR count). The molecular formula is C6H12F2. The Morgan fingerprint density at radius 1 is 1.50 bits per heavy atom. The van der Waals surface area contributed by atoms with Crippen LogP contribution in [0, 0.1) is 5.92 Å². The Bertz CT molecular complexity index is 63.4. The van der Waals surface area contributed by atoms with E-state index in [2.05, 4.69) is 0 Å². The molecule has 0 radical (unpaired) electrons. The third-order valence-corrected chi connectivity index (χ3v) is 1.48. The molecule has 0 fully saturated rings. The largest absolute Gasteiger partial charge is 0.247 e. The van der Waals surface area contributed by atoms with Gasteiger partial charge in [-0.15, -0.1) is 0 Å². The summed E-state index contributed by atoms with van der Waals surface area (Å²) in [6, 6.07) is 0. The highest BCUT2D eigenvalue weighted by Gasteiger charge is 2.27. The van der Waals surface area contributed by atoms with Crippen LogP contribution in [-0.4, -0.2) is 5.92 Å². The molecule has 50 valence electrons. The van der Waals surface area contributed by atoms with Crippen LogP contribution in [-0.2, 0) is 0 Å². The second-order valence-electron chi connectivity index (χ2n) is 2.27. The molecular weight excluding hydrogens is 110 g/mol. The van der Waals surface area contributed by atoms with Crippen molar-refractivity contribution in [3.63, 3.8) is 0 Å². The minimum absolute atomic E-state index is 0.484. The molecule has 0 heterocycles. The van der Waals surface area contributed by atoms with Crippen molar-refractivity contribution in [1.82, 2.24) is 0 Å². The lowest BCUT2D eigenvalue weighted by Crippen LogP contribution is -2.20. The van der Waals surface area contributed by atoms with Crippen molar-refractivity contribution in [1.29, 1.82) is 0 Å². The SMILES string of the molecule is CCC(C)C(C)(F)F. The molecule has 0 aromatic heterocycles. The van der Waals surface area contributed by atoms with E-state index in [1.807, 2.05) is 0 Å². The molecule has 0 spiro atoms. The Morgan fingerprint density at radius 2 is 1.88 bits per heavy atom.